The Balaban J connectivity index is 1.95. The first-order valence-corrected chi connectivity index (χ1v) is 11.4. The topological polar surface area (TPSA) is 17.1 Å². The third-order valence-electron chi connectivity index (χ3n) is 5.54. The predicted octanol–water partition coefficient (Wildman–Crippen LogP) is 6.11. The number of ketones is 1. The van der Waals surface area contributed by atoms with E-state index < -0.39 is 0 Å². The molecular formula is C25H25OP. The molecule has 1 aliphatic heterocycles. The van der Waals surface area contributed by atoms with Gasteiger partial charge in [-0.25, -0.2) is 0 Å². The van der Waals surface area contributed by atoms with Crippen molar-refractivity contribution in [2.75, 3.05) is 12.3 Å². The lowest BCUT2D eigenvalue weighted by Gasteiger charge is -2.28. The number of hydrogen-bond acceptors (Lipinski definition) is 1. The zero-order valence-corrected chi connectivity index (χ0v) is 16.9. The summed E-state index contributed by atoms with van der Waals surface area (Å²) in [6, 6.07) is 24.1. The Kier molecular flexibility index (Phi) is 5.23. The molecule has 0 spiro atoms. The zero-order chi connectivity index (χ0) is 18.8. The summed E-state index contributed by atoms with van der Waals surface area (Å²) in [5, 5.41) is 1.49. The first kappa shape index (κ1) is 18.1. The molecule has 0 radical (unpaired) electrons. The quantitative estimate of drug-likeness (QED) is 0.507. The van der Waals surface area contributed by atoms with Crippen LogP contribution in [-0.2, 0) is 4.79 Å². The standard InChI is InChI=1S/C25H25OP/c1-18-8-3-5-10-21(18)23-12-7-13-24(22-11-6-4-9-19(22)2)25(23)27-16-14-20(26)15-17-27/h3-13H,14-17H2,1-2H3. The van der Waals surface area contributed by atoms with Crippen LogP contribution in [0.3, 0.4) is 0 Å². The van der Waals surface area contributed by atoms with E-state index in [9.17, 15) is 4.79 Å². The fraction of sp³-hybridized carbons (Fsp3) is 0.240. The molecule has 27 heavy (non-hydrogen) atoms. The minimum Gasteiger partial charge on any atom is -0.300 e. The third-order valence-corrected chi connectivity index (χ3v) is 8.18. The molecule has 136 valence electrons. The van der Waals surface area contributed by atoms with E-state index in [-0.39, 0.29) is 7.92 Å². The molecule has 0 aliphatic carbocycles. The third kappa shape index (κ3) is 3.62. The maximum absolute atomic E-state index is 11.9. The number of Topliss-reactive ketones (excluding diaryl/α,β-unsaturated/α-hetero) is 1. The number of hydrogen-bond donors (Lipinski definition) is 0. The Bertz CT molecular complexity index is 915. The molecule has 0 N–H and O–H groups in total. The fourth-order valence-corrected chi connectivity index (χ4v) is 6.83. The smallest absolute Gasteiger partial charge is 0.133 e. The van der Waals surface area contributed by atoms with Crippen molar-refractivity contribution in [2.24, 2.45) is 0 Å². The summed E-state index contributed by atoms with van der Waals surface area (Å²) >= 11 is 0. The highest BCUT2D eigenvalue weighted by atomic mass is 31.1. The minimum absolute atomic E-state index is 0.328. The van der Waals surface area contributed by atoms with E-state index >= 15 is 0 Å². The van der Waals surface area contributed by atoms with Crippen LogP contribution in [0.15, 0.2) is 66.7 Å². The molecule has 3 aromatic carbocycles. The highest BCUT2D eigenvalue weighted by Crippen LogP contribution is 2.46. The molecule has 0 unspecified atom stereocenters. The van der Waals surface area contributed by atoms with Crippen molar-refractivity contribution in [3.63, 3.8) is 0 Å². The number of carbonyl (C=O) groups excluding carboxylic acids is 1. The van der Waals surface area contributed by atoms with Crippen molar-refractivity contribution in [3.05, 3.63) is 77.9 Å². The van der Waals surface area contributed by atoms with Crippen LogP contribution < -0.4 is 5.30 Å². The Morgan fingerprint density at radius 3 is 1.56 bits per heavy atom. The lowest BCUT2D eigenvalue weighted by Crippen LogP contribution is -2.20. The summed E-state index contributed by atoms with van der Waals surface area (Å²) in [5.41, 5.74) is 7.97. The summed E-state index contributed by atoms with van der Waals surface area (Å²) in [4.78, 5) is 11.9. The van der Waals surface area contributed by atoms with Crippen LogP contribution >= 0.6 is 7.92 Å². The van der Waals surface area contributed by atoms with Crippen LogP contribution in [0.5, 0.6) is 0 Å². The van der Waals surface area contributed by atoms with Crippen molar-refractivity contribution in [2.45, 2.75) is 26.7 Å². The summed E-state index contributed by atoms with van der Waals surface area (Å²) in [6.45, 7) is 4.38. The van der Waals surface area contributed by atoms with Crippen molar-refractivity contribution in [3.8, 4) is 22.3 Å². The number of aryl methyl sites for hydroxylation is 2. The van der Waals surface area contributed by atoms with Gasteiger partial charge in [0.05, 0.1) is 0 Å². The molecule has 1 nitrogen and oxygen atoms in total. The molecule has 1 heterocycles. The fourth-order valence-electron chi connectivity index (χ4n) is 4.05. The first-order valence-electron chi connectivity index (χ1n) is 9.67. The molecular weight excluding hydrogens is 347 g/mol. The Hall–Kier alpha value is -2.24. The van der Waals surface area contributed by atoms with Crippen molar-refractivity contribution in [1.29, 1.82) is 0 Å². The summed E-state index contributed by atoms with van der Waals surface area (Å²) < 4.78 is 0. The second kappa shape index (κ2) is 7.79. The van der Waals surface area contributed by atoms with Gasteiger partial charge in [0.25, 0.3) is 0 Å². The minimum atomic E-state index is -0.328. The van der Waals surface area contributed by atoms with Gasteiger partial charge in [0.15, 0.2) is 0 Å². The average molecular weight is 372 g/mol. The Morgan fingerprint density at radius 2 is 1.07 bits per heavy atom. The Labute approximate surface area is 163 Å². The van der Waals surface area contributed by atoms with Gasteiger partial charge in [-0.3, -0.25) is 4.79 Å². The Morgan fingerprint density at radius 1 is 0.630 bits per heavy atom. The van der Waals surface area contributed by atoms with Crippen LogP contribution in [0.1, 0.15) is 24.0 Å². The van der Waals surface area contributed by atoms with E-state index in [1.54, 1.807) is 0 Å². The summed E-state index contributed by atoms with van der Waals surface area (Å²) in [6.07, 6.45) is 3.52. The van der Waals surface area contributed by atoms with Gasteiger partial charge in [-0.15, -0.1) is 0 Å². The molecule has 3 aromatic rings. The van der Waals surface area contributed by atoms with Gasteiger partial charge in [-0.05, 0) is 64.9 Å². The molecule has 0 amide bonds. The lowest BCUT2D eigenvalue weighted by atomic mass is 9.94. The molecule has 0 bridgehead atoms. The van der Waals surface area contributed by atoms with Crippen molar-refractivity contribution in [1.82, 2.24) is 0 Å². The molecule has 1 fully saturated rings. The van der Waals surface area contributed by atoms with E-state index in [0.29, 0.717) is 5.78 Å². The van der Waals surface area contributed by atoms with Gasteiger partial charge >= 0.3 is 0 Å². The SMILES string of the molecule is Cc1ccccc1-c1cccc(-c2ccccc2C)c1P1CCC(=O)CC1. The van der Waals surface area contributed by atoms with Crippen molar-refractivity contribution >= 4 is 19.0 Å². The van der Waals surface area contributed by atoms with E-state index in [1.807, 2.05) is 0 Å². The van der Waals surface area contributed by atoms with Gasteiger partial charge in [0.1, 0.15) is 5.78 Å². The van der Waals surface area contributed by atoms with Gasteiger partial charge in [0, 0.05) is 12.8 Å². The summed E-state index contributed by atoms with van der Waals surface area (Å²) in [5.74, 6) is 0.430. The van der Waals surface area contributed by atoms with Gasteiger partial charge < -0.3 is 0 Å². The number of benzene rings is 3. The van der Waals surface area contributed by atoms with E-state index in [4.69, 9.17) is 0 Å². The van der Waals surface area contributed by atoms with Gasteiger partial charge in [0.2, 0.25) is 0 Å². The monoisotopic (exact) mass is 372 g/mol. The highest BCUT2D eigenvalue weighted by Gasteiger charge is 2.25. The lowest BCUT2D eigenvalue weighted by molar-refractivity contribution is -0.118. The van der Waals surface area contributed by atoms with Gasteiger partial charge in [-0.2, -0.15) is 0 Å². The van der Waals surface area contributed by atoms with Crippen LogP contribution in [0.2, 0.25) is 0 Å². The van der Waals surface area contributed by atoms with Gasteiger partial charge in [-0.1, -0.05) is 74.7 Å². The van der Waals surface area contributed by atoms with E-state index in [0.717, 1.165) is 25.2 Å². The number of rotatable bonds is 3. The van der Waals surface area contributed by atoms with E-state index in [1.165, 1.54) is 38.7 Å². The molecule has 0 aromatic heterocycles. The first-order chi connectivity index (χ1) is 13.1. The van der Waals surface area contributed by atoms with Crippen LogP contribution in [0.25, 0.3) is 22.3 Å². The van der Waals surface area contributed by atoms with Crippen LogP contribution in [0, 0.1) is 13.8 Å². The van der Waals surface area contributed by atoms with E-state index in [2.05, 4.69) is 80.6 Å². The maximum atomic E-state index is 11.9. The largest absolute Gasteiger partial charge is 0.300 e. The molecule has 2 heteroatoms. The average Bonchev–Trinajstić information content (AvgIpc) is 2.69. The molecule has 1 aliphatic rings. The van der Waals surface area contributed by atoms with Crippen LogP contribution in [-0.4, -0.2) is 18.1 Å². The predicted molar refractivity (Wildman–Crippen MR) is 117 cm³/mol. The molecule has 0 saturated carbocycles. The zero-order valence-electron chi connectivity index (χ0n) is 16.0. The molecule has 0 atom stereocenters. The second-order valence-corrected chi connectivity index (χ2v) is 9.78. The number of carbonyl (C=O) groups is 1. The molecule has 1 saturated heterocycles. The maximum Gasteiger partial charge on any atom is 0.133 e. The summed E-state index contributed by atoms with van der Waals surface area (Å²) in [7, 11) is -0.328. The normalized spacial score (nSPS) is 15.1. The van der Waals surface area contributed by atoms with Crippen molar-refractivity contribution < 1.29 is 4.79 Å². The second-order valence-electron chi connectivity index (χ2n) is 7.36. The van der Waals surface area contributed by atoms with Crippen LogP contribution in [0.4, 0.5) is 0 Å². The molecule has 4 rings (SSSR count). The highest BCUT2D eigenvalue weighted by molar-refractivity contribution is 7.66.